The van der Waals surface area contributed by atoms with Crippen LogP contribution in [0.3, 0.4) is 0 Å². The second-order valence-corrected chi connectivity index (χ2v) is 7.22. The number of hydrogen-bond acceptors (Lipinski definition) is 3. The molecule has 0 amide bonds. The summed E-state index contributed by atoms with van der Waals surface area (Å²) in [5, 5.41) is 3.21. The Hall–Kier alpha value is -1.64. The highest BCUT2D eigenvalue weighted by molar-refractivity contribution is 14.0. The SMILES string of the molecule is Cc1ccc(C(CN=C(N)Nc2ccc(C)c(C)c2)N2CCOCC2)cc1.I. The van der Waals surface area contributed by atoms with Gasteiger partial charge in [0, 0.05) is 18.8 Å². The summed E-state index contributed by atoms with van der Waals surface area (Å²) >= 11 is 0. The number of nitrogens with one attached hydrogen (secondary N) is 1. The molecule has 5 nitrogen and oxygen atoms in total. The van der Waals surface area contributed by atoms with Gasteiger partial charge in [0.1, 0.15) is 0 Å². The van der Waals surface area contributed by atoms with Crippen molar-refractivity contribution >= 4 is 35.6 Å². The lowest BCUT2D eigenvalue weighted by atomic mass is 10.0. The number of rotatable bonds is 5. The number of anilines is 1. The van der Waals surface area contributed by atoms with Gasteiger partial charge in [-0.3, -0.25) is 9.89 Å². The molecule has 1 unspecified atom stereocenters. The molecule has 1 aliphatic rings. The fourth-order valence-corrected chi connectivity index (χ4v) is 3.30. The summed E-state index contributed by atoms with van der Waals surface area (Å²) in [4.78, 5) is 7.08. The second-order valence-electron chi connectivity index (χ2n) is 7.22. The normalized spacial score (nSPS) is 16.3. The van der Waals surface area contributed by atoms with Crippen LogP contribution in [-0.2, 0) is 4.74 Å². The minimum absolute atomic E-state index is 0. The van der Waals surface area contributed by atoms with Gasteiger partial charge in [-0.15, -0.1) is 24.0 Å². The minimum atomic E-state index is 0. The summed E-state index contributed by atoms with van der Waals surface area (Å²) in [5.41, 5.74) is 12.2. The maximum atomic E-state index is 6.17. The van der Waals surface area contributed by atoms with Gasteiger partial charge in [-0.25, -0.2) is 0 Å². The Morgan fingerprint density at radius 1 is 1.07 bits per heavy atom. The summed E-state index contributed by atoms with van der Waals surface area (Å²) in [6.07, 6.45) is 0. The van der Waals surface area contributed by atoms with E-state index in [-0.39, 0.29) is 30.0 Å². The molecule has 3 rings (SSSR count). The number of aryl methyl sites for hydroxylation is 3. The van der Waals surface area contributed by atoms with Crippen molar-refractivity contribution < 1.29 is 4.74 Å². The van der Waals surface area contributed by atoms with Crippen molar-refractivity contribution in [2.45, 2.75) is 26.8 Å². The molecule has 1 saturated heterocycles. The molecule has 1 fully saturated rings. The van der Waals surface area contributed by atoms with Crippen molar-refractivity contribution in [2.75, 3.05) is 38.2 Å². The zero-order valence-corrected chi connectivity index (χ0v) is 19.3. The highest BCUT2D eigenvalue weighted by Gasteiger charge is 2.22. The largest absolute Gasteiger partial charge is 0.379 e. The molecule has 0 radical (unpaired) electrons. The van der Waals surface area contributed by atoms with Crippen LogP contribution in [0.5, 0.6) is 0 Å². The van der Waals surface area contributed by atoms with Gasteiger partial charge in [-0.2, -0.15) is 0 Å². The lowest BCUT2D eigenvalue weighted by molar-refractivity contribution is 0.0180. The molecule has 0 aliphatic carbocycles. The monoisotopic (exact) mass is 494 g/mol. The van der Waals surface area contributed by atoms with Crippen LogP contribution < -0.4 is 11.1 Å². The van der Waals surface area contributed by atoms with Gasteiger partial charge in [-0.05, 0) is 49.6 Å². The van der Waals surface area contributed by atoms with E-state index in [0.29, 0.717) is 12.5 Å². The molecule has 1 heterocycles. The zero-order chi connectivity index (χ0) is 19.2. The molecule has 0 saturated carbocycles. The number of guanidine groups is 1. The van der Waals surface area contributed by atoms with Crippen LogP contribution >= 0.6 is 24.0 Å². The number of morpholine rings is 1. The molecule has 2 aromatic rings. The number of ether oxygens (including phenoxy) is 1. The van der Waals surface area contributed by atoms with E-state index in [1.165, 1.54) is 22.3 Å². The Balaban J connectivity index is 0.00000280. The highest BCUT2D eigenvalue weighted by atomic mass is 127. The number of benzene rings is 2. The topological polar surface area (TPSA) is 62.9 Å². The van der Waals surface area contributed by atoms with E-state index >= 15 is 0 Å². The third-order valence-corrected chi connectivity index (χ3v) is 5.16. The molecule has 3 N–H and O–H groups in total. The van der Waals surface area contributed by atoms with Crippen molar-refractivity contribution in [3.63, 3.8) is 0 Å². The first-order chi connectivity index (χ1) is 13.0. The number of hydrogen-bond donors (Lipinski definition) is 2. The molecule has 1 atom stereocenters. The first-order valence-corrected chi connectivity index (χ1v) is 9.55. The van der Waals surface area contributed by atoms with Crippen molar-refractivity contribution in [3.8, 4) is 0 Å². The van der Waals surface area contributed by atoms with Gasteiger partial charge >= 0.3 is 0 Å². The predicted octanol–water partition coefficient (Wildman–Crippen LogP) is 4.03. The summed E-state index contributed by atoms with van der Waals surface area (Å²) in [7, 11) is 0. The molecule has 0 aromatic heterocycles. The Bertz CT molecular complexity index is 786. The fourth-order valence-electron chi connectivity index (χ4n) is 3.30. The van der Waals surface area contributed by atoms with Crippen molar-refractivity contribution in [1.29, 1.82) is 0 Å². The summed E-state index contributed by atoms with van der Waals surface area (Å²) in [5.74, 6) is 0.448. The van der Waals surface area contributed by atoms with Crippen LogP contribution in [0.25, 0.3) is 0 Å². The summed E-state index contributed by atoms with van der Waals surface area (Å²) in [6.45, 7) is 10.3. The van der Waals surface area contributed by atoms with E-state index in [1.807, 2.05) is 6.07 Å². The fraction of sp³-hybridized carbons (Fsp3) is 0.409. The average Bonchev–Trinajstić information content (AvgIpc) is 2.67. The average molecular weight is 494 g/mol. The molecule has 6 heteroatoms. The van der Waals surface area contributed by atoms with Crippen LogP contribution in [-0.4, -0.2) is 43.7 Å². The van der Waals surface area contributed by atoms with Gasteiger partial charge in [-0.1, -0.05) is 35.9 Å². The van der Waals surface area contributed by atoms with E-state index < -0.39 is 0 Å². The Labute approximate surface area is 185 Å². The maximum absolute atomic E-state index is 6.17. The van der Waals surface area contributed by atoms with Gasteiger partial charge in [0.05, 0.1) is 25.8 Å². The van der Waals surface area contributed by atoms with Gasteiger partial charge < -0.3 is 15.8 Å². The van der Waals surface area contributed by atoms with Crippen LogP contribution in [0.1, 0.15) is 28.3 Å². The predicted molar refractivity (Wildman–Crippen MR) is 128 cm³/mol. The molecule has 152 valence electrons. The van der Waals surface area contributed by atoms with E-state index in [4.69, 9.17) is 10.5 Å². The second kappa shape index (κ2) is 10.8. The molecule has 1 aliphatic heterocycles. The Kier molecular flexibility index (Phi) is 8.72. The number of nitrogens with two attached hydrogens (primary N) is 1. The van der Waals surface area contributed by atoms with E-state index in [2.05, 4.69) is 72.4 Å². The van der Waals surface area contributed by atoms with E-state index in [0.717, 1.165) is 32.0 Å². The number of nitrogens with zero attached hydrogens (tertiary/aromatic N) is 2. The lowest BCUT2D eigenvalue weighted by Crippen LogP contribution is -2.40. The third-order valence-electron chi connectivity index (χ3n) is 5.16. The lowest BCUT2D eigenvalue weighted by Gasteiger charge is -2.34. The van der Waals surface area contributed by atoms with Crippen molar-refractivity contribution in [1.82, 2.24) is 4.90 Å². The van der Waals surface area contributed by atoms with Crippen molar-refractivity contribution in [2.24, 2.45) is 10.7 Å². The smallest absolute Gasteiger partial charge is 0.193 e. The van der Waals surface area contributed by atoms with Crippen molar-refractivity contribution in [3.05, 3.63) is 64.7 Å². The Morgan fingerprint density at radius 2 is 1.75 bits per heavy atom. The van der Waals surface area contributed by atoms with Crippen LogP contribution in [0, 0.1) is 20.8 Å². The van der Waals surface area contributed by atoms with E-state index in [9.17, 15) is 0 Å². The number of aliphatic imine (C=N–C) groups is 1. The summed E-state index contributed by atoms with van der Waals surface area (Å²) in [6, 6.07) is 15.1. The first kappa shape index (κ1) is 22.6. The quantitative estimate of drug-likeness (QED) is 0.375. The van der Waals surface area contributed by atoms with E-state index in [1.54, 1.807) is 0 Å². The van der Waals surface area contributed by atoms with Crippen LogP contribution in [0.4, 0.5) is 5.69 Å². The molecular formula is C22H31IN4O. The van der Waals surface area contributed by atoms with Gasteiger partial charge in [0.15, 0.2) is 5.96 Å². The first-order valence-electron chi connectivity index (χ1n) is 9.55. The third kappa shape index (κ3) is 6.18. The molecule has 2 aromatic carbocycles. The Morgan fingerprint density at radius 3 is 2.39 bits per heavy atom. The molecule has 0 spiro atoms. The summed E-state index contributed by atoms with van der Waals surface area (Å²) < 4.78 is 5.52. The molecule has 28 heavy (non-hydrogen) atoms. The highest BCUT2D eigenvalue weighted by Crippen LogP contribution is 2.23. The minimum Gasteiger partial charge on any atom is -0.379 e. The zero-order valence-electron chi connectivity index (χ0n) is 16.9. The van der Waals surface area contributed by atoms with Crippen LogP contribution in [0.2, 0.25) is 0 Å². The number of halogens is 1. The molecular weight excluding hydrogens is 463 g/mol. The van der Waals surface area contributed by atoms with Crippen LogP contribution in [0.15, 0.2) is 47.5 Å². The van der Waals surface area contributed by atoms with Gasteiger partial charge in [0.25, 0.3) is 0 Å². The standard InChI is InChI=1S/C22H30N4O.HI/c1-16-4-7-19(8-5-16)21(26-10-12-27-13-11-26)15-24-22(23)25-20-9-6-17(2)18(3)14-20;/h4-9,14,21H,10-13,15H2,1-3H3,(H3,23,24,25);1H. The van der Waals surface area contributed by atoms with Gasteiger partial charge in [0.2, 0.25) is 0 Å². The molecule has 0 bridgehead atoms. The maximum Gasteiger partial charge on any atom is 0.193 e.